The number of nitrogens with zero attached hydrogens (tertiary/aromatic N) is 4. The molecule has 1 fully saturated rings. The minimum absolute atomic E-state index is 0.0752. The van der Waals surface area contributed by atoms with Gasteiger partial charge in [0.2, 0.25) is 10.0 Å². The average Bonchev–Trinajstić information content (AvgIpc) is 3.02. The quantitative estimate of drug-likeness (QED) is 0.356. The highest BCUT2D eigenvalue weighted by Crippen LogP contribution is 2.36. The largest absolute Gasteiger partial charge is 0.494 e. The Bertz CT molecular complexity index is 1460. The Kier molecular flexibility index (Phi) is 8.61. The average molecular weight is 528 g/mol. The van der Waals surface area contributed by atoms with E-state index in [0.29, 0.717) is 59.5 Å². The van der Waals surface area contributed by atoms with Gasteiger partial charge < -0.3 is 25.2 Å². The molecule has 0 radical (unpaired) electrons. The van der Waals surface area contributed by atoms with Crippen molar-refractivity contribution < 1.29 is 33.3 Å². The molecule has 4 rings (SSSR count). The first-order chi connectivity index (χ1) is 17.5. The van der Waals surface area contributed by atoms with Crippen molar-refractivity contribution in [3.8, 4) is 23.2 Å². The lowest BCUT2D eigenvalue weighted by Gasteiger charge is -2.20. The monoisotopic (exact) mass is 527 g/mol. The number of nitrogens with one attached hydrogen (secondary N) is 1. The van der Waals surface area contributed by atoms with Gasteiger partial charge in [0.1, 0.15) is 4.90 Å². The first kappa shape index (κ1) is 27.3. The van der Waals surface area contributed by atoms with Gasteiger partial charge in [-0.25, -0.2) is 18.0 Å². The van der Waals surface area contributed by atoms with Gasteiger partial charge in [-0.15, -0.1) is 0 Å². The maximum absolute atomic E-state index is 13.0. The van der Waals surface area contributed by atoms with Crippen LogP contribution < -0.4 is 0 Å². The number of carboxylic acid groups (broad SMARTS) is 2. The van der Waals surface area contributed by atoms with E-state index in [9.17, 15) is 23.1 Å². The number of hydrogen-bond donors (Lipinski definition) is 4. The van der Waals surface area contributed by atoms with E-state index in [4.69, 9.17) is 15.5 Å². The zero-order valence-corrected chi connectivity index (χ0v) is 20.6. The number of aromatic amines is 1. The summed E-state index contributed by atoms with van der Waals surface area (Å²) in [5, 5.41) is 35.7. The van der Waals surface area contributed by atoms with E-state index in [-0.39, 0.29) is 10.8 Å². The van der Waals surface area contributed by atoms with Gasteiger partial charge in [-0.3, -0.25) is 4.98 Å². The summed E-state index contributed by atoms with van der Waals surface area (Å²) in [5.41, 5.74) is 2.00. The number of aromatic nitrogens is 2. The molecule has 0 saturated carbocycles. The predicted octanol–water partition coefficient (Wildman–Crippen LogP) is 1.85. The highest BCUT2D eigenvalue weighted by atomic mass is 32.2. The molecule has 0 amide bonds. The van der Waals surface area contributed by atoms with Gasteiger partial charge in [0.05, 0.1) is 22.9 Å². The van der Waals surface area contributed by atoms with Crippen molar-refractivity contribution in [3.05, 3.63) is 54.2 Å². The van der Waals surface area contributed by atoms with Crippen LogP contribution >= 0.6 is 0 Å². The van der Waals surface area contributed by atoms with Crippen LogP contribution in [0.1, 0.15) is 12.0 Å². The minimum atomic E-state index is -3.63. The predicted molar refractivity (Wildman–Crippen MR) is 133 cm³/mol. The van der Waals surface area contributed by atoms with Crippen LogP contribution in [0.25, 0.3) is 22.2 Å². The topological polar surface area (TPSA) is 188 Å². The van der Waals surface area contributed by atoms with Gasteiger partial charge in [0.25, 0.3) is 0 Å². The summed E-state index contributed by atoms with van der Waals surface area (Å²) in [7, 11) is -1.64. The first-order valence-corrected chi connectivity index (χ1v) is 12.5. The third-order valence-corrected chi connectivity index (χ3v) is 7.47. The van der Waals surface area contributed by atoms with E-state index in [1.165, 1.54) is 16.6 Å². The molecule has 2 aromatic heterocycles. The van der Waals surface area contributed by atoms with Crippen molar-refractivity contribution in [3.63, 3.8) is 0 Å². The van der Waals surface area contributed by atoms with Gasteiger partial charge in [0.15, 0.2) is 5.88 Å². The van der Waals surface area contributed by atoms with E-state index in [1.54, 1.807) is 24.3 Å². The number of nitriles is 1. The highest BCUT2D eigenvalue weighted by molar-refractivity contribution is 7.89. The molecule has 0 spiro atoms. The number of carbonyl (C=O) groups is 2. The molecule has 3 heterocycles. The molecule has 13 heteroatoms. The molecule has 1 aliphatic rings. The van der Waals surface area contributed by atoms with Crippen LogP contribution in [-0.4, -0.2) is 88.1 Å². The van der Waals surface area contributed by atoms with Gasteiger partial charge in [-0.05, 0) is 50.3 Å². The van der Waals surface area contributed by atoms with Crippen LogP contribution in [-0.2, 0) is 19.6 Å². The standard InChI is InChI=1S/C20H21N5O3S.C4H4O4/c1-24-7-2-8-25(10-9-24)29(27,28)15-4-6-18(22-13-15)19-16-11-14(12-21)3-5-17(16)23-20(19)26;5-3(6)1-2-4(7)8/h3-6,11,13,23,26H,2,7-10H2,1H3;1-2H,(H,5,6)(H,7,8)/b;2-1+. The number of carboxylic acids is 2. The van der Waals surface area contributed by atoms with Crippen molar-refractivity contribution in [2.45, 2.75) is 11.3 Å². The summed E-state index contributed by atoms with van der Waals surface area (Å²) in [5.74, 6) is -2.59. The van der Waals surface area contributed by atoms with Crippen LogP contribution in [0.15, 0.2) is 53.6 Å². The third-order valence-electron chi connectivity index (χ3n) is 5.59. The molecule has 0 atom stereocenters. The summed E-state index contributed by atoms with van der Waals surface area (Å²) < 4.78 is 27.5. The minimum Gasteiger partial charge on any atom is -0.494 e. The molecule has 4 N–H and O–H groups in total. The second-order valence-electron chi connectivity index (χ2n) is 8.17. The third kappa shape index (κ3) is 6.70. The van der Waals surface area contributed by atoms with Crippen molar-refractivity contribution in [1.29, 1.82) is 5.26 Å². The Labute approximate surface area is 212 Å². The summed E-state index contributed by atoms with van der Waals surface area (Å²) in [6.07, 6.45) is 3.22. The zero-order valence-electron chi connectivity index (χ0n) is 19.8. The number of fused-ring (bicyclic) bond motifs is 1. The van der Waals surface area contributed by atoms with E-state index >= 15 is 0 Å². The lowest BCUT2D eigenvalue weighted by Crippen LogP contribution is -2.34. The van der Waals surface area contributed by atoms with E-state index in [0.717, 1.165) is 13.0 Å². The van der Waals surface area contributed by atoms with Crippen molar-refractivity contribution >= 4 is 32.9 Å². The normalized spacial score (nSPS) is 15.0. The Morgan fingerprint density at radius 2 is 1.78 bits per heavy atom. The number of benzene rings is 1. The molecular weight excluding hydrogens is 502 g/mol. The molecule has 1 saturated heterocycles. The number of aliphatic carboxylic acids is 2. The van der Waals surface area contributed by atoms with Crippen LogP contribution in [0.4, 0.5) is 0 Å². The number of hydrogen-bond acceptors (Lipinski definition) is 8. The van der Waals surface area contributed by atoms with E-state index in [1.807, 2.05) is 7.05 Å². The fraction of sp³-hybridized carbons (Fsp3) is 0.250. The van der Waals surface area contributed by atoms with Crippen molar-refractivity contribution in [1.82, 2.24) is 19.2 Å². The molecule has 0 bridgehead atoms. The number of rotatable bonds is 5. The Morgan fingerprint density at radius 3 is 2.38 bits per heavy atom. The van der Waals surface area contributed by atoms with E-state index in [2.05, 4.69) is 20.9 Å². The van der Waals surface area contributed by atoms with Gasteiger partial charge >= 0.3 is 11.9 Å². The van der Waals surface area contributed by atoms with Crippen LogP contribution in [0, 0.1) is 11.3 Å². The van der Waals surface area contributed by atoms with Crippen LogP contribution in [0.5, 0.6) is 5.88 Å². The van der Waals surface area contributed by atoms with Gasteiger partial charge in [-0.2, -0.15) is 9.57 Å². The summed E-state index contributed by atoms with van der Waals surface area (Å²) in [6, 6.07) is 10.2. The smallest absolute Gasteiger partial charge is 0.328 e. The lowest BCUT2D eigenvalue weighted by atomic mass is 10.1. The molecule has 3 aromatic rings. The Morgan fingerprint density at radius 1 is 1.08 bits per heavy atom. The summed E-state index contributed by atoms with van der Waals surface area (Å²) >= 11 is 0. The fourth-order valence-electron chi connectivity index (χ4n) is 3.74. The second kappa shape index (κ2) is 11.7. The first-order valence-electron chi connectivity index (χ1n) is 11.1. The summed E-state index contributed by atoms with van der Waals surface area (Å²) in [6.45, 7) is 2.48. The summed E-state index contributed by atoms with van der Waals surface area (Å²) in [4.78, 5) is 28.5. The van der Waals surface area contributed by atoms with Crippen LogP contribution in [0.2, 0.25) is 0 Å². The molecule has 12 nitrogen and oxygen atoms in total. The van der Waals surface area contributed by atoms with Crippen LogP contribution in [0.3, 0.4) is 0 Å². The Hall–Kier alpha value is -4.25. The Balaban J connectivity index is 0.000000414. The van der Waals surface area contributed by atoms with E-state index < -0.39 is 22.0 Å². The number of H-pyrrole nitrogens is 1. The van der Waals surface area contributed by atoms with Gasteiger partial charge in [-0.1, -0.05) is 0 Å². The molecule has 194 valence electrons. The molecule has 1 aromatic carbocycles. The highest BCUT2D eigenvalue weighted by Gasteiger charge is 2.27. The van der Waals surface area contributed by atoms with Gasteiger partial charge in [0, 0.05) is 48.9 Å². The molecular formula is C24H25N5O7S. The lowest BCUT2D eigenvalue weighted by molar-refractivity contribution is -0.134. The number of likely N-dealkylation sites (N-methyl/N-ethyl adjacent to an activating group) is 1. The molecule has 1 aliphatic heterocycles. The number of pyridine rings is 1. The second-order valence-corrected chi connectivity index (χ2v) is 10.1. The van der Waals surface area contributed by atoms with Crippen molar-refractivity contribution in [2.75, 3.05) is 33.2 Å². The zero-order chi connectivity index (χ0) is 27.2. The van der Waals surface area contributed by atoms with Crippen molar-refractivity contribution in [2.24, 2.45) is 0 Å². The maximum Gasteiger partial charge on any atom is 0.328 e. The maximum atomic E-state index is 13.0. The SMILES string of the molecule is CN1CCCN(S(=O)(=O)c2ccc(-c3c(O)[nH]c4ccc(C#N)cc34)nc2)CC1.O=C(O)/C=C/C(=O)O. The molecule has 0 aliphatic carbocycles. The molecule has 0 unspecified atom stereocenters. The number of aromatic hydroxyl groups is 1. The molecule has 37 heavy (non-hydrogen) atoms. The fourth-order valence-corrected chi connectivity index (χ4v) is 5.16. The number of sulfonamides is 1.